The third-order valence-electron chi connectivity index (χ3n) is 2.71. The number of anilines is 1. The van der Waals surface area contributed by atoms with Gasteiger partial charge in [-0.05, 0) is 13.5 Å². The molecule has 0 saturated carbocycles. The zero-order valence-electron chi connectivity index (χ0n) is 12.5. The maximum atomic E-state index is 11.8. The molecule has 0 aliphatic carbocycles. The summed E-state index contributed by atoms with van der Waals surface area (Å²) < 4.78 is 6.02. The summed E-state index contributed by atoms with van der Waals surface area (Å²) in [5, 5.41) is 12.7. The molecule has 0 bridgehead atoms. The third kappa shape index (κ3) is 6.87. The van der Waals surface area contributed by atoms with Gasteiger partial charge >= 0.3 is 0 Å². The van der Waals surface area contributed by atoms with E-state index in [0.717, 1.165) is 17.6 Å². The summed E-state index contributed by atoms with van der Waals surface area (Å²) in [5.74, 6) is -0.239. The van der Waals surface area contributed by atoms with Crippen molar-refractivity contribution >= 4 is 11.6 Å². The minimum Gasteiger partial charge on any atom is -0.385 e. The Bertz CT molecular complexity index is 489. The molecule has 0 unspecified atom stereocenters. The Morgan fingerprint density at radius 2 is 2.19 bits per heavy atom. The van der Waals surface area contributed by atoms with Gasteiger partial charge in [0.05, 0.1) is 11.9 Å². The van der Waals surface area contributed by atoms with Gasteiger partial charge in [0, 0.05) is 39.4 Å². The number of ether oxygens (including phenoxy) is 1. The van der Waals surface area contributed by atoms with Crippen molar-refractivity contribution in [3.63, 3.8) is 0 Å². The highest BCUT2D eigenvalue weighted by molar-refractivity contribution is 5.75. The number of methoxy groups -OCH3 is 1. The smallest absolute Gasteiger partial charge is 0.269 e. The van der Waals surface area contributed by atoms with Crippen molar-refractivity contribution in [3.05, 3.63) is 22.6 Å². The third-order valence-corrected chi connectivity index (χ3v) is 2.71. The van der Waals surface area contributed by atoms with Crippen LogP contribution in [-0.2, 0) is 16.1 Å². The highest BCUT2D eigenvalue weighted by Crippen LogP contribution is 1.98. The number of nitrogens with one attached hydrogen (secondary N) is 3. The number of hydrogen-bond acceptors (Lipinski definition) is 6. The van der Waals surface area contributed by atoms with E-state index in [-0.39, 0.29) is 18.0 Å². The summed E-state index contributed by atoms with van der Waals surface area (Å²) in [4.78, 5) is 23.5. The van der Waals surface area contributed by atoms with Gasteiger partial charge in [-0.1, -0.05) is 0 Å². The molecule has 8 nitrogen and oxygen atoms in total. The predicted octanol–water partition coefficient (Wildman–Crippen LogP) is -0.973. The van der Waals surface area contributed by atoms with Crippen molar-refractivity contribution in [2.75, 3.05) is 45.7 Å². The largest absolute Gasteiger partial charge is 0.385 e. The molecule has 3 N–H and O–H groups in total. The zero-order valence-corrected chi connectivity index (χ0v) is 12.5. The molecule has 0 radical (unpaired) electrons. The minimum atomic E-state index is -0.309. The van der Waals surface area contributed by atoms with Crippen LogP contribution in [0.15, 0.2) is 17.1 Å². The van der Waals surface area contributed by atoms with Gasteiger partial charge < -0.3 is 20.7 Å². The Morgan fingerprint density at radius 1 is 1.38 bits per heavy atom. The molecule has 1 rings (SSSR count). The van der Waals surface area contributed by atoms with Gasteiger partial charge in [0.2, 0.25) is 5.91 Å². The zero-order chi connectivity index (χ0) is 15.5. The van der Waals surface area contributed by atoms with Gasteiger partial charge in [-0.15, -0.1) is 0 Å². The van der Waals surface area contributed by atoms with Crippen LogP contribution >= 0.6 is 0 Å². The fraction of sp³-hybridized carbons (Fsp3) is 0.615. The van der Waals surface area contributed by atoms with Crippen LogP contribution < -0.4 is 21.5 Å². The van der Waals surface area contributed by atoms with Crippen molar-refractivity contribution in [3.8, 4) is 0 Å². The fourth-order valence-corrected chi connectivity index (χ4v) is 1.62. The molecule has 8 heteroatoms. The Balaban J connectivity index is 2.44. The molecule has 0 aliphatic heterocycles. The quantitative estimate of drug-likeness (QED) is 0.481. The SMILES string of the molecule is CNCCNc1cnn(CC(=O)NCCCOC)c(=O)c1. The van der Waals surface area contributed by atoms with Gasteiger partial charge in [-0.3, -0.25) is 9.59 Å². The molecule has 118 valence electrons. The monoisotopic (exact) mass is 297 g/mol. The van der Waals surface area contributed by atoms with E-state index in [0.29, 0.717) is 25.4 Å². The Kier molecular flexibility index (Phi) is 8.07. The van der Waals surface area contributed by atoms with Crippen LogP contribution in [0.5, 0.6) is 0 Å². The first-order valence-corrected chi connectivity index (χ1v) is 6.88. The van der Waals surface area contributed by atoms with Gasteiger partial charge in [-0.25, -0.2) is 4.68 Å². The molecule has 0 aromatic carbocycles. The van der Waals surface area contributed by atoms with E-state index in [4.69, 9.17) is 4.74 Å². The highest BCUT2D eigenvalue weighted by atomic mass is 16.5. The highest BCUT2D eigenvalue weighted by Gasteiger charge is 2.05. The van der Waals surface area contributed by atoms with Gasteiger partial charge in [0.1, 0.15) is 6.54 Å². The Labute approximate surface area is 123 Å². The lowest BCUT2D eigenvalue weighted by Gasteiger charge is -2.08. The summed E-state index contributed by atoms with van der Waals surface area (Å²) in [7, 11) is 3.46. The van der Waals surface area contributed by atoms with E-state index < -0.39 is 0 Å². The Hall–Kier alpha value is -1.93. The summed E-state index contributed by atoms with van der Waals surface area (Å²) in [6.07, 6.45) is 2.27. The van der Waals surface area contributed by atoms with Gasteiger partial charge in [-0.2, -0.15) is 5.10 Å². The number of carbonyl (C=O) groups excluding carboxylic acids is 1. The van der Waals surface area contributed by atoms with E-state index in [1.165, 1.54) is 12.3 Å². The molecule has 0 aliphatic rings. The van der Waals surface area contributed by atoms with Crippen LogP contribution in [0.3, 0.4) is 0 Å². The van der Waals surface area contributed by atoms with E-state index >= 15 is 0 Å². The second-order valence-electron chi connectivity index (χ2n) is 4.47. The molecule has 1 aromatic heterocycles. The lowest BCUT2D eigenvalue weighted by Crippen LogP contribution is -2.34. The number of aromatic nitrogens is 2. The van der Waals surface area contributed by atoms with E-state index in [1.807, 2.05) is 7.05 Å². The maximum absolute atomic E-state index is 11.8. The second-order valence-corrected chi connectivity index (χ2v) is 4.47. The molecule has 0 spiro atoms. The molecule has 0 fully saturated rings. The molecule has 1 aromatic rings. The first-order chi connectivity index (χ1) is 10.2. The molecular formula is C13H23N5O3. The van der Waals surface area contributed by atoms with Crippen molar-refractivity contribution in [2.24, 2.45) is 0 Å². The number of rotatable bonds is 10. The molecular weight excluding hydrogens is 274 g/mol. The van der Waals surface area contributed by atoms with Crippen LogP contribution in [0.1, 0.15) is 6.42 Å². The van der Waals surface area contributed by atoms with Crippen LogP contribution in [-0.4, -0.2) is 56.1 Å². The Morgan fingerprint density at radius 3 is 2.86 bits per heavy atom. The van der Waals surface area contributed by atoms with Crippen LogP contribution in [0, 0.1) is 0 Å². The van der Waals surface area contributed by atoms with Crippen molar-refractivity contribution in [2.45, 2.75) is 13.0 Å². The summed E-state index contributed by atoms with van der Waals surface area (Å²) >= 11 is 0. The van der Waals surface area contributed by atoms with E-state index in [1.54, 1.807) is 7.11 Å². The lowest BCUT2D eigenvalue weighted by molar-refractivity contribution is -0.121. The number of hydrogen-bond donors (Lipinski definition) is 3. The number of carbonyl (C=O) groups is 1. The van der Waals surface area contributed by atoms with Gasteiger partial charge in [0.25, 0.3) is 5.56 Å². The molecule has 1 heterocycles. The summed E-state index contributed by atoms with van der Waals surface area (Å²) in [6.45, 7) is 2.51. The van der Waals surface area contributed by atoms with Gasteiger partial charge in [0.15, 0.2) is 0 Å². The average molecular weight is 297 g/mol. The topological polar surface area (TPSA) is 97.3 Å². The van der Waals surface area contributed by atoms with Crippen molar-refractivity contribution in [1.82, 2.24) is 20.4 Å². The second kappa shape index (κ2) is 9.89. The van der Waals surface area contributed by atoms with Crippen LogP contribution in [0.4, 0.5) is 5.69 Å². The van der Waals surface area contributed by atoms with Crippen molar-refractivity contribution < 1.29 is 9.53 Å². The van der Waals surface area contributed by atoms with Crippen LogP contribution in [0.2, 0.25) is 0 Å². The lowest BCUT2D eigenvalue weighted by atomic mass is 10.4. The molecule has 0 atom stereocenters. The number of nitrogens with zero attached hydrogens (tertiary/aromatic N) is 2. The fourth-order valence-electron chi connectivity index (χ4n) is 1.62. The summed E-state index contributed by atoms with van der Waals surface area (Å²) in [5.41, 5.74) is 0.337. The van der Waals surface area contributed by atoms with E-state index in [9.17, 15) is 9.59 Å². The number of amides is 1. The molecule has 0 saturated heterocycles. The summed E-state index contributed by atoms with van der Waals surface area (Å²) in [6, 6.07) is 1.43. The number of likely N-dealkylation sites (N-methyl/N-ethyl adjacent to an activating group) is 1. The first kappa shape index (κ1) is 17.1. The van der Waals surface area contributed by atoms with E-state index in [2.05, 4.69) is 21.0 Å². The molecule has 1 amide bonds. The minimum absolute atomic E-state index is 0.0807. The predicted molar refractivity (Wildman–Crippen MR) is 80.4 cm³/mol. The average Bonchev–Trinajstić information content (AvgIpc) is 2.47. The maximum Gasteiger partial charge on any atom is 0.269 e. The van der Waals surface area contributed by atoms with Crippen molar-refractivity contribution in [1.29, 1.82) is 0 Å². The normalized spacial score (nSPS) is 10.4. The van der Waals surface area contributed by atoms with Crippen LogP contribution in [0.25, 0.3) is 0 Å². The first-order valence-electron chi connectivity index (χ1n) is 6.88. The molecule has 21 heavy (non-hydrogen) atoms. The standard InChI is InChI=1S/C13H23N5O3/c1-14-5-6-15-11-8-13(20)18(17-9-11)10-12(19)16-4-3-7-21-2/h8-9,14-15H,3-7,10H2,1-2H3,(H,16,19).